The lowest BCUT2D eigenvalue weighted by Crippen LogP contribution is -2.20. The van der Waals surface area contributed by atoms with Crippen LogP contribution >= 0.6 is 0 Å². The minimum Gasteiger partial charge on any atom is -0.494 e. The highest BCUT2D eigenvalue weighted by Gasteiger charge is 2.26. The van der Waals surface area contributed by atoms with Gasteiger partial charge >= 0.3 is 5.97 Å². The monoisotopic (exact) mass is 262 g/mol. The second-order valence-electron chi connectivity index (χ2n) is 5.31. The third kappa shape index (κ3) is 3.72. The van der Waals surface area contributed by atoms with Gasteiger partial charge in [0.2, 0.25) is 0 Å². The molecule has 1 aromatic rings. The molecule has 104 valence electrons. The number of hydrogen-bond acceptors (Lipinski definition) is 2. The van der Waals surface area contributed by atoms with Gasteiger partial charge in [-0.3, -0.25) is 4.79 Å². The van der Waals surface area contributed by atoms with E-state index in [4.69, 9.17) is 9.84 Å². The number of benzene rings is 1. The van der Waals surface area contributed by atoms with Crippen molar-refractivity contribution in [1.82, 2.24) is 0 Å². The van der Waals surface area contributed by atoms with Crippen molar-refractivity contribution in [1.29, 1.82) is 0 Å². The molecule has 0 bridgehead atoms. The van der Waals surface area contributed by atoms with Gasteiger partial charge < -0.3 is 9.84 Å². The fraction of sp³-hybridized carbons (Fsp3) is 0.562. The SMILES string of the molecule is CCCOc1cccc(C2CCC(C(=O)O)CC2)c1. The van der Waals surface area contributed by atoms with Crippen LogP contribution in [0.25, 0.3) is 0 Å². The summed E-state index contributed by atoms with van der Waals surface area (Å²) >= 11 is 0. The summed E-state index contributed by atoms with van der Waals surface area (Å²) in [6.45, 7) is 2.84. The first-order valence-electron chi connectivity index (χ1n) is 7.16. The van der Waals surface area contributed by atoms with E-state index >= 15 is 0 Å². The number of rotatable bonds is 5. The molecule has 3 heteroatoms. The lowest BCUT2D eigenvalue weighted by Gasteiger charge is -2.26. The topological polar surface area (TPSA) is 46.5 Å². The summed E-state index contributed by atoms with van der Waals surface area (Å²) < 4.78 is 5.65. The summed E-state index contributed by atoms with van der Waals surface area (Å²) in [5, 5.41) is 9.02. The van der Waals surface area contributed by atoms with Crippen LogP contribution < -0.4 is 4.74 Å². The quantitative estimate of drug-likeness (QED) is 0.877. The highest BCUT2D eigenvalue weighted by atomic mass is 16.5. The molecule has 1 aliphatic carbocycles. The zero-order valence-electron chi connectivity index (χ0n) is 11.5. The molecule has 0 heterocycles. The van der Waals surface area contributed by atoms with Crippen LogP contribution in [-0.2, 0) is 4.79 Å². The van der Waals surface area contributed by atoms with E-state index in [1.54, 1.807) is 0 Å². The molecule has 0 radical (unpaired) electrons. The van der Waals surface area contributed by atoms with Crippen LogP contribution in [0.15, 0.2) is 24.3 Å². The summed E-state index contributed by atoms with van der Waals surface area (Å²) in [4.78, 5) is 10.9. The molecular formula is C16H22O3. The molecule has 1 saturated carbocycles. The van der Waals surface area contributed by atoms with Crippen molar-refractivity contribution in [2.75, 3.05) is 6.61 Å². The zero-order valence-corrected chi connectivity index (χ0v) is 11.5. The minimum atomic E-state index is -0.640. The van der Waals surface area contributed by atoms with Crippen LogP contribution in [0, 0.1) is 5.92 Å². The third-order valence-corrected chi connectivity index (χ3v) is 3.88. The Morgan fingerprint density at radius 1 is 1.32 bits per heavy atom. The second kappa shape index (κ2) is 6.60. The minimum absolute atomic E-state index is 0.143. The Kier molecular flexibility index (Phi) is 4.83. The van der Waals surface area contributed by atoms with Gasteiger partial charge in [0.05, 0.1) is 12.5 Å². The smallest absolute Gasteiger partial charge is 0.306 e. The van der Waals surface area contributed by atoms with Gasteiger partial charge in [-0.05, 0) is 55.7 Å². The molecule has 1 fully saturated rings. The molecule has 0 aromatic heterocycles. The second-order valence-corrected chi connectivity index (χ2v) is 5.31. The molecule has 0 atom stereocenters. The lowest BCUT2D eigenvalue weighted by atomic mass is 9.79. The number of hydrogen-bond donors (Lipinski definition) is 1. The Labute approximate surface area is 114 Å². The Hall–Kier alpha value is -1.51. The molecule has 1 aliphatic rings. The van der Waals surface area contributed by atoms with E-state index in [-0.39, 0.29) is 5.92 Å². The number of carboxylic acids is 1. The molecule has 0 unspecified atom stereocenters. The molecular weight excluding hydrogens is 240 g/mol. The predicted molar refractivity (Wildman–Crippen MR) is 74.6 cm³/mol. The Balaban J connectivity index is 1.97. The molecule has 2 rings (SSSR count). The van der Waals surface area contributed by atoms with Crippen LogP contribution in [-0.4, -0.2) is 17.7 Å². The van der Waals surface area contributed by atoms with Gasteiger partial charge in [0, 0.05) is 0 Å². The maximum absolute atomic E-state index is 10.9. The maximum atomic E-state index is 10.9. The fourth-order valence-corrected chi connectivity index (χ4v) is 2.75. The Morgan fingerprint density at radius 3 is 2.68 bits per heavy atom. The van der Waals surface area contributed by atoms with Crippen LogP contribution in [0.3, 0.4) is 0 Å². The summed E-state index contributed by atoms with van der Waals surface area (Å²) in [6, 6.07) is 8.26. The highest BCUT2D eigenvalue weighted by Crippen LogP contribution is 2.36. The fourth-order valence-electron chi connectivity index (χ4n) is 2.75. The van der Waals surface area contributed by atoms with Crippen molar-refractivity contribution in [2.45, 2.75) is 44.9 Å². The molecule has 0 aliphatic heterocycles. The maximum Gasteiger partial charge on any atom is 0.306 e. The van der Waals surface area contributed by atoms with Gasteiger partial charge in [-0.15, -0.1) is 0 Å². The Morgan fingerprint density at radius 2 is 2.05 bits per heavy atom. The molecule has 0 amide bonds. The number of ether oxygens (including phenoxy) is 1. The van der Waals surface area contributed by atoms with E-state index in [2.05, 4.69) is 19.1 Å². The first-order chi connectivity index (χ1) is 9.20. The van der Waals surface area contributed by atoms with Crippen molar-refractivity contribution >= 4 is 5.97 Å². The van der Waals surface area contributed by atoms with Crippen molar-refractivity contribution < 1.29 is 14.6 Å². The van der Waals surface area contributed by atoms with Crippen molar-refractivity contribution in [3.05, 3.63) is 29.8 Å². The first kappa shape index (κ1) is 13.9. The molecule has 19 heavy (non-hydrogen) atoms. The standard InChI is InChI=1S/C16H22O3/c1-2-10-19-15-5-3-4-14(11-15)12-6-8-13(9-7-12)16(17)18/h3-5,11-13H,2,6-10H2,1H3,(H,17,18). The van der Waals surface area contributed by atoms with Gasteiger partial charge in [0.15, 0.2) is 0 Å². The van der Waals surface area contributed by atoms with E-state index < -0.39 is 5.97 Å². The average molecular weight is 262 g/mol. The van der Waals surface area contributed by atoms with E-state index in [0.717, 1.165) is 44.5 Å². The largest absolute Gasteiger partial charge is 0.494 e. The van der Waals surface area contributed by atoms with Crippen LogP contribution in [0.1, 0.15) is 50.5 Å². The molecule has 3 nitrogen and oxygen atoms in total. The van der Waals surface area contributed by atoms with Gasteiger partial charge in [-0.2, -0.15) is 0 Å². The lowest BCUT2D eigenvalue weighted by molar-refractivity contribution is -0.142. The molecule has 0 spiro atoms. The van der Waals surface area contributed by atoms with E-state index in [0.29, 0.717) is 5.92 Å². The summed E-state index contributed by atoms with van der Waals surface area (Å²) in [6.07, 6.45) is 4.52. The molecule has 1 aromatic carbocycles. The van der Waals surface area contributed by atoms with E-state index in [1.165, 1.54) is 5.56 Å². The van der Waals surface area contributed by atoms with Crippen molar-refractivity contribution in [3.63, 3.8) is 0 Å². The van der Waals surface area contributed by atoms with Crippen molar-refractivity contribution in [3.8, 4) is 5.75 Å². The molecule has 0 saturated heterocycles. The third-order valence-electron chi connectivity index (χ3n) is 3.88. The van der Waals surface area contributed by atoms with Gasteiger partial charge in [-0.1, -0.05) is 19.1 Å². The van der Waals surface area contributed by atoms with Crippen LogP contribution in [0.5, 0.6) is 5.75 Å². The van der Waals surface area contributed by atoms with Crippen LogP contribution in [0.2, 0.25) is 0 Å². The normalized spacial score (nSPS) is 23.0. The number of carboxylic acid groups (broad SMARTS) is 1. The van der Waals surface area contributed by atoms with Crippen LogP contribution in [0.4, 0.5) is 0 Å². The van der Waals surface area contributed by atoms with Crippen molar-refractivity contribution in [2.24, 2.45) is 5.92 Å². The predicted octanol–water partition coefficient (Wildman–Crippen LogP) is 3.83. The summed E-state index contributed by atoms with van der Waals surface area (Å²) in [5.41, 5.74) is 1.29. The zero-order chi connectivity index (χ0) is 13.7. The van der Waals surface area contributed by atoms with Gasteiger partial charge in [0.1, 0.15) is 5.75 Å². The highest BCUT2D eigenvalue weighted by molar-refractivity contribution is 5.70. The summed E-state index contributed by atoms with van der Waals surface area (Å²) in [5.74, 6) is 0.634. The molecule has 1 N–H and O–H groups in total. The Bertz CT molecular complexity index is 420. The average Bonchev–Trinajstić information content (AvgIpc) is 2.45. The van der Waals surface area contributed by atoms with Gasteiger partial charge in [0.25, 0.3) is 0 Å². The number of carbonyl (C=O) groups is 1. The first-order valence-corrected chi connectivity index (χ1v) is 7.16. The van der Waals surface area contributed by atoms with E-state index in [9.17, 15) is 4.79 Å². The van der Waals surface area contributed by atoms with E-state index in [1.807, 2.05) is 12.1 Å². The summed E-state index contributed by atoms with van der Waals surface area (Å²) in [7, 11) is 0. The van der Waals surface area contributed by atoms with Gasteiger partial charge in [-0.25, -0.2) is 0 Å². The number of aliphatic carboxylic acids is 1.